The Morgan fingerprint density at radius 1 is 0.530 bits per heavy atom. The summed E-state index contributed by atoms with van der Waals surface area (Å²) in [4.78, 5) is 79.0. The fourth-order valence-corrected chi connectivity index (χ4v) is 7.50. The first-order valence-electron chi connectivity index (χ1n) is 20.7. The predicted octanol–water partition coefficient (Wildman–Crippen LogP) is 11.5. The smallest absolute Gasteiger partial charge is 0.258 e. The van der Waals surface area contributed by atoms with Gasteiger partial charge in [-0.15, -0.1) is 23.2 Å². The molecule has 0 saturated heterocycles. The number of carbonyl (C=O) groups is 6. The minimum atomic E-state index is -1.57. The molecule has 2 atom stereocenters. The minimum absolute atomic E-state index is 0.133. The van der Waals surface area contributed by atoms with Crippen molar-refractivity contribution in [3.05, 3.63) is 140 Å². The van der Waals surface area contributed by atoms with Crippen LogP contribution >= 0.6 is 46.4 Å². The summed E-state index contributed by atoms with van der Waals surface area (Å²) >= 11 is 24.4. The largest absolute Gasteiger partial charge is 0.324 e. The minimum Gasteiger partial charge on any atom is -0.324 e. The number of amides is 4. The molecule has 0 aromatic heterocycles. The van der Waals surface area contributed by atoms with Crippen molar-refractivity contribution < 1.29 is 28.8 Å². The fourth-order valence-electron chi connectivity index (χ4n) is 6.61. The summed E-state index contributed by atoms with van der Waals surface area (Å²) in [6.07, 6.45) is 2.04. The Labute approximate surface area is 402 Å². The molecule has 0 aliphatic carbocycles. The predicted molar refractivity (Wildman–Crippen MR) is 261 cm³/mol. The number of alkyl halides is 2. The Balaban J connectivity index is 1.29. The van der Waals surface area contributed by atoms with Gasteiger partial charge in [0.15, 0.2) is 11.6 Å². The number of anilines is 4. The summed E-state index contributed by atoms with van der Waals surface area (Å²) in [7, 11) is 0. The molecule has 5 rings (SSSR count). The van der Waals surface area contributed by atoms with Crippen molar-refractivity contribution >= 4 is 116 Å². The van der Waals surface area contributed by atoms with Gasteiger partial charge in [0.1, 0.15) is 0 Å². The second-order valence-electron chi connectivity index (χ2n) is 14.9. The van der Waals surface area contributed by atoms with Gasteiger partial charge < -0.3 is 21.3 Å². The maximum atomic E-state index is 13.7. The summed E-state index contributed by atoms with van der Waals surface area (Å²) in [5.74, 6) is -2.82. The van der Waals surface area contributed by atoms with Crippen molar-refractivity contribution in [1.82, 2.24) is 0 Å². The third-order valence-corrected chi connectivity index (χ3v) is 10.7. The third-order valence-electron chi connectivity index (χ3n) is 9.85. The van der Waals surface area contributed by atoms with Crippen molar-refractivity contribution in [1.29, 1.82) is 0 Å². The number of nitrogens with zero attached hydrogens (tertiary/aromatic N) is 4. The van der Waals surface area contributed by atoms with E-state index < -0.39 is 47.3 Å². The molecule has 0 aliphatic heterocycles. The molecule has 0 saturated carbocycles. The van der Waals surface area contributed by atoms with Crippen molar-refractivity contribution in [2.45, 2.75) is 65.5 Å². The van der Waals surface area contributed by atoms with Gasteiger partial charge in [0.2, 0.25) is 12.1 Å². The lowest BCUT2D eigenvalue weighted by Gasteiger charge is -2.19. The van der Waals surface area contributed by atoms with Gasteiger partial charge in [-0.1, -0.05) is 61.3 Å². The van der Waals surface area contributed by atoms with Crippen molar-refractivity contribution in [3.63, 3.8) is 0 Å². The highest BCUT2D eigenvalue weighted by atomic mass is 35.5. The van der Waals surface area contributed by atoms with Crippen LogP contribution in [0, 0.1) is 0 Å². The van der Waals surface area contributed by atoms with Gasteiger partial charge in [-0.25, -0.2) is 0 Å². The number of nitrogens with one attached hydrogen (secondary N) is 4. The Hall–Kier alpha value is -6.32. The number of carbonyl (C=O) groups excluding carboxylic acids is 6. The van der Waals surface area contributed by atoms with Crippen LogP contribution in [0.25, 0.3) is 0 Å². The van der Waals surface area contributed by atoms with E-state index in [4.69, 9.17) is 46.4 Å². The van der Waals surface area contributed by atoms with E-state index in [2.05, 4.69) is 41.7 Å². The highest BCUT2D eigenvalue weighted by molar-refractivity contribution is 6.31. The topological polar surface area (TPSA) is 200 Å². The molecule has 5 aromatic rings. The van der Waals surface area contributed by atoms with Crippen LogP contribution in [0.3, 0.4) is 0 Å². The van der Waals surface area contributed by atoms with Gasteiger partial charge in [0, 0.05) is 55.7 Å². The second-order valence-corrected chi connectivity index (χ2v) is 16.5. The van der Waals surface area contributed by atoms with Crippen LogP contribution in [-0.2, 0) is 44.9 Å². The number of aryl methyl sites for hydroxylation is 4. The van der Waals surface area contributed by atoms with E-state index >= 15 is 0 Å². The maximum Gasteiger partial charge on any atom is 0.258 e. The zero-order valence-electron chi connectivity index (χ0n) is 36.4. The van der Waals surface area contributed by atoms with Gasteiger partial charge in [0.25, 0.3) is 23.6 Å². The summed E-state index contributed by atoms with van der Waals surface area (Å²) in [6.45, 7) is 6.08. The first kappa shape index (κ1) is 50.7. The van der Waals surface area contributed by atoms with Crippen LogP contribution in [0.15, 0.2) is 118 Å². The molecule has 5 aromatic carbocycles. The first-order valence-corrected chi connectivity index (χ1v) is 22.6. The van der Waals surface area contributed by atoms with E-state index in [1.807, 2.05) is 38.1 Å². The molecule has 342 valence electrons. The molecule has 0 fully saturated rings. The number of hydrogen-bond acceptors (Lipinski definition) is 10. The zero-order chi connectivity index (χ0) is 47.9. The molecule has 2 unspecified atom stereocenters. The van der Waals surface area contributed by atoms with Crippen LogP contribution in [0.4, 0.5) is 34.1 Å². The van der Waals surface area contributed by atoms with E-state index in [1.165, 1.54) is 50.2 Å². The van der Waals surface area contributed by atoms with Gasteiger partial charge in [0.05, 0.1) is 11.4 Å². The summed E-state index contributed by atoms with van der Waals surface area (Å²) < 4.78 is 0. The number of ketones is 2. The Bertz CT molecular complexity index is 2680. The molecule has 0 bridgehead atoms. The number of hydrogen-bond donors (Lipinski definition) is 4. The quantitative estimate of drug-likeness (QED) is 0.0340. The van der Waals surface area contributed by atoms with Crippen LogP contribution in [0.5, 0.6) is 0 Å². The zero-order valence-corrected chi connectivity index (χ0v) is 39.4. The molecule has 18 heteroatoms. The number of rotatable bonds is 20. The van der Waals surface area contributed by atoms with Gasteiger partial charge in [-0.05, 0) is 135 Å². The van der Waals surface area contributed by atoms with Gasteiger partial charge >= 0.3 is 0 Å². The lowest BCUT2D eigenvalue weighted by molar-refractivity contribution is -0.127. The number of Topliss-reactive ketones (excluding diaryl/α,β-unsaturated/α-hetero) is 2. The first-order chi connectivity index (χ1) is 31.6. The Morgan fingerprint density at radius 2 is 0.955 bits per heavy atom. The maximum absolute atomic E-state index is 13.7. The van der Waals surface area contributed by atoms with Crippen LogP contribution in [0.1, 0.15) is 70.7 Å². The van der Waals surface area contributed by atoms with Crippen LogP contribution < -0.4 is 21.3 Å². The molecule has 4 amide bonds. The van der Waals surface area contributed by atoms with Crippen molar-refractivity contribution in [2.75, 3.05) is 33.0 Å². The van der Waals surface area contributed by atoms with Crippen molar-refractivity contribution in [2.24, 2.45) is 20.5 Å². The van der Waals surface area contributed by atoms with Crippen LogP contribution in [0.2, 0.25) is 10.0 Å². The monoisotopic (exact) mass is 970 g/mol. The van der Waals surface area contributed by atoms with E-state index in [1.54, 1.807) is 36.4 Å². The summed E-state index contributed by atoms with van der Waals surface area (Å²) in [5, 5.41) is 27.9. The third kappa shape index (κ3) is 14.3. The molecule has 14 nitrogen and oxygen atoms in total. The van der Waals surface area contributed by atoms with E-state index in [9.17, 15) is 28.8 Å². The van der Waals surface area contributed by atoms with Crippen LogP contribution in [-0.4, -0.2) is 59.0 Å². The number of benzene rings is 5. The highest BCUT2D eigenvalue weighted by Crippen LogP contribution is 2.30. The fraction of sp³-hybridized carbons (Fsp3) is 0.250. The van der Waals surface area contributed by atoms with Gasteiger partial charge in [-0.2, -0.15) is 20.5 Å². The molecule has 0 aliphatic rings. The van der Waals surface area contributed by atoms with Gasteiger partial charge in [-0.3, -0.25) is 28.8 Å². The molecular weight excluding hydrogens is 926 g/mol. The molecular formula is C48H46Cl4N8O6. The Kier molecular flexibility index (Phi) is 18.6. The standard InChI is InChI=1S/C48H46Cl4N8O6/c1-5-31-21-39(55-47(65)42(27(3)61)59-57-40-23-33(19-35(51)25-40)45(63)53-37-11-7-9-29(17-37)13-15-49)22-32(6-2)44(31)56-48(66)43(28(4)62)60-58-41-24-34(20-36(52)26-41)46(64)54-38-12-8-10-30(18-38)14-16-50/h7-12,17-26,42-43H,5-6,13-16H2,1-4H3,(H,53,63)(H,54,64)(H,55,65)(H,56,66). The molecule has 4 N–H and O–H groups in total. The average molecular weight is 973 g/mol. The summed E-state index contributed by atoms with van der Waals surface area (Å²) in [6, 6.07) is 23.3. The average Bonchev–Trinajstić information content (AvgIpc) is 3.26. The second kappa shape index (κ2) is 24.3. The van der Waals surface area contributed by atoms with E-state index in [-0.39, 0.29) is 32.5 Å². The lowest BCUT2D eigenvalue weighted by Crippen LogP contribution is -2.33. The SMILES string of the molecule is CCc1cc(NC(=O)C(N=Nc2cc(Cl)cc(C(=O)Nc3cccc(CCCl)c3)c2)C(C)=O)cc(CC)c1NC(=O)C(N=Nc1cc(Cl)cc(C(=O)Nc2cccc(CCCl)c2)c1)C(C)=O. The molecule has 0 heterocycles. The molecule has 0 spiro atoms. The van der Waals surface area contributed by atoms with E-state index in [0.29, 0.717) is 71.3 Å². The molecule has 66 heavy (non-hydrogen) atoms. The van der Waals surface area contributed by atoms with Crippen molar-refractivity contribution in [3.8, 4) is 0 Å². The number of halogens is 4. The molecule has 0 radical (unpaired) electrons. The van der Waals surface area contributed by atoms with E-state index in [0.717, 1.165) is 11.1 Å². The summed E-state index contributed by atoms with van der Waals surface area (Å²) in [5.41, 5.74) is 5.57. The lowest BCUT2D eigenvalue weighted by atomic mass is 10.0. The Morgan fingerprint density at radius 3 is 1.35 bits per heavy atom. The number of azo groups is 2. The normalized spacial score (nSPS) is 12.1. The highest BCUT2D eigenvalue weighted by Gasteiger charge is 2.27.